The predicted octanol–water partition coefficient (Wildman–Crippen LogP) is 4.77. The summed E-state index contributed by atoms with van der Waals surface area (Å²) in [6, 6.07) is 14.1. The van der Waals surface area contributed by atoms with E-state index in [9.17, 15) is 15.4 Å². The molecule has 0 saturated carbocycles. The van der Waals surface area contributed by atoms with Crippen molar-refractivity contribution in [3.8, 4) is 11.9 Å². The first-order valence-electron chi connectivity index (χ1n) is 8.39. The number of nitrogens with zero attached hydrogens (tertiary/aromatic N) is 4. The molecule has 0 saturated heterocycles. The number of rotatable bonds is 4. The van der Waals surface area contributed by atoms with Gasteiger partial charge < -0.3 is 4.57 Å². The smallest absolute Gasteiger partial charge is 0.269 e. The first-order chi connectivity index (χ1) is 12.9. The first-order valence-corrected chi connectivity index (χ1v) is 8.39. The minimum absolute atomic E-state index is 0.000312. The Hall–Kier alpha value is -3.72. The molecule has 0 atom stereocenters. The molecule has 0 aliphatic carbocycles. The van der Waals surface area contributed by atoms with Crippen LogP contribution in [-0.2, 0) is 0 Å². The van der Waals surface area contributed by atoms with Crippen molar-refractivity contribution in [3.05, 3.63) is 86.9 Å². The highest BCUT2D eigenvalue weighted by Crippen LogP contribution is 2.25. The third-order valence-corrected chi connectivity index (χ3v) is 4.40. The molecule has 0 unspecified atom stereocenters. The molecule has 27 heavy (non-hydrogen) atoms. The van der Waals surface area contributed by atoms with Crippen LogP contribution in [0.2, 0.25) is 0 Å². The molecular formula is C21H18N4O2. The van der Waals surface area contributed by atoms with Crippen LogP contribution in [0.1, 0.15) is 28.1 Å². The largest absolute Gasteiger partial charge is 0.303 e. The van der Waals surface area contributed by atoms with E-state index in [0.29, 0.717) is 11.1 Å². The molecule has 1 aromatic carbocycles. The maximum atomic E-state index is 10.8. The van der Waals surface area contributed by atoms with Crippen molar-refractivity contribution in [3.63, 3.8) is 0 Å². The van der Waals surface area contributed by atoms with Crippen molar-refractivity contribution in [1.82, 2.24) is 9.55 Å². The fourth-order valence-electron chi connectivity index (χ4n) is 2.98. The minimum Gasteiger partial charge on any atom is -0.303 e. The van der Waals surface area contributed by atoms with Gasteiger partial charge in [0.15, 0.2) is 0 Å². The summed E-state index contributed by atoms with van der Waals surface area (Å²) in [5.74, 6) is 0.823. The number of nitriles is 1. The molecule has 0 fully saturated rings. The lowest BCUT2D eigenvalue weighted by molar-refractivity contribution is -0.384. The zero-order chi connectivity index (χ0) is 19.6. The normalized spacial score (nSPS) is 11.3. The van der Waals surface area contributed by atoms with E-state index in [0.717, 1.165) is 28.3 Å². The molecule has 3 aromatic rings. The highest BCUT2D eigenvalue weighted by molar-refractivity contribution is 5.90. The summed E-state index contributed by atoms with van der Waals surface area (Å²) in [6.07, 6.45) is 3.62. The van der Waals surface area contributed by atoms with E-state index in [1.54, 1.807) is 18.2 Å². The highest BCUT2D eigenvalue weighted by Gasteiger charge is 2.12. The van der Waals surface area contributed by atoms with Crippen LogP contribution in [0.15, 0.2) is 48.7 Å². The monoisotopic (exact) mass is 358 g/mol. The van der Waals surface area contributed by atoms with Crippen molar-refractivity contribution in [2.75, 3.05) is 0 Å². The summed E-state index contributed by atoms with van der Waals surface area (Å²) < 4.78 is 2.04. The Kier molecular flexibility index (Phi) is 4.86. The number of nitro groups is 1. The Balaban J connectivity index is 2.03. The third kappa shape index (κ3) is 3.62. The van der Waals surface area contributed by atoms with E-state index in [1.165, 1.54) is 12.1 Å². The zero-order valence-electron chi connectivity index (χ0n) is 15.3. The van der Waals surface area contributed by atoms with Gasteiger partial charge in [0.2, 0.25) is 0 Å². The summed E-state index contributed by atoms with van der Waals surface area (Å²) in [7, 11) is 0. The summed E-state index contributed by atoms with van der Waals surface area (Å²) >= 11 is 0. The molecule has 0 aliphatic heterocycles. The van der Waals surface area contributed by atoms with Crippen molar-refractivity contribution >= 4 is 17.3 Å². The van der Waals surface area contributed by atoms with Gasteiger partial charge >= 0.3 is 0 Å². The molecule has 3 rings (SSSR count). The van der Waals surface area contributed by atoms with Crippen LogP contribution in [0.3, 0.4) is 0 Å². The number of aryl methyl sites for hydroxylation is 2. The predicted molar refractivity (Wildman–Crippen MR) is 104 cm³/mol. The SMILES string of the molecule is Cc1ccc(-n2c(C)cc(/C=C(/C#N)c3ccc([N+](=O)[O-])cc3)c2C)nc1. The highest BCUT2D eigenvalue weighted by atomic mass is 16.6. The molecule has 0 bridgehead atoms. The maximum absolute atomic E-state index is 10.8. The summed E-state index contributed by atoms with van der Waals surface area (Å²) in [5.41, 5.74) is 5.06. The Labute approximate surface area is 157 Å². The molecule has 0 amide bonds. The lowest BCUT2D eigenvalue weighted by Gasteiger charge is -2.08. The number of hydrogen-bond donors (Lipinski definition) is 0. The number of benzene rings is 1. The first kappa shape index (κ1) is 18.1. The fourth-order valence-corrected chi connectivity index (χ4v) is 2.98. The molecule has 0 aliphatic rings. The number of hydrogen-bond acceptors (Lipinski definition) is 4. The van der Waals surface area contributed by atoms with Gasteiger partial charge in [0.1, 0.15) is 5.82 Å². The molecule has 134 valence electrons. The van der Waals surface area contributed by atoms with E-state index >= 15 is 0 Å². The van der Waals surface area contributed by atoms with Crippen LogP contribution < -0.4 is 0 Å². The molecule has 0 radical (unpaired) electrons. The van der Waals surface area contributed by atoms with Crippen LogP contribution in [0, 0.1) is 42.2 Å². The fraction of sp³-hybridized carbons (Fsp3) is 0.143. The van der Waals surface area contributed by atoms with E-state index in [1.807, 2.05) is 49.7 Å². The average molecular weight is 358 g/mol. The Morgan fingerprint density at radius 2 is 1.89 bits per heavy atom. The topological polar surface area (TPSA) is 84.8 Å². The molecule has 6 nitrogen and oxygen atoms in total. The van der Waals surface area contributed by atoms with Crippen LogP contribution in [0.4, 0.5) is 5.69 Å². The molecular weight excluding hydrogens is 340 g/mol. The maximum Gasteiger partial charge on any atom is 0.269 e. The molecule has 2 heterocycles. The third-order valence-electron chi connectivity index (χ3n) is 4.40. The average Bonchev–Trinajstić information content (AvgIpc) is 2.94. The van der Waals surface area contributed by atoms with Gasteiger partial charge in [-0.15, -0.1) is 0 Å². The van der Waals surface area contributed by atoms with Gasteiger partial charge in [0.25, 0.3) is 5.69 Å². The number of nitro benzene ring substituents is 1. The van der Waals surface area contributed by atoms with Gasteiger partial charge in [-0.3, -0.25) is 10.1 Å². The van der Waals surface area contributed by atoms with Crippen LogP contribution in [0.25, 0.3) is 17.5 Å². The Morgan fingerprint density at radius 3 is 2.44 bits per heavy atom. The summed E-state index contributed by atoms with van der Waals surface area (Å²) in [5, 5.41) is 20.4. The molecule has 0 N–H and O–H groups in total. The van der Waals surface area contributed by atoms with E-state index in [2.05, 4.69) is 11.1 Å². The quantitative estimate of drug-likeness (QED) is 0.382. The van der Waals surface area contributed by atoms with Crippen molar-refractivity contribution in [1.29, 1.82) is 5.26 Å². The van der Waals surface area contributed by atoms with E-state index < -0.39 is 4.92 Å². The summed E-state index contributed by atoms with van der Waals surface area (Å²) in [4.78, 5) is 14.8. The molecule has 0 spiro atoms. The number of allylic oxidation sites excluding steroid dienone is 1. The van der Waals surface area contributed by atoms with Gasteiger partial charge in [0, 0.05) is 29.7 Å². The van der Waals surface area contributed by atoms with Crippen molar-refractivity contribution in [2.45, 2.75) is 20.8 Å². The van der Waals surface area contributed by atoms with Gasteiger partial charge in [-0.05, 0) is 67.8 Å². The van der Waals surface area contributed by atoms with E-state index in [4.69, 9.17) is 0 Å². The number of non-ortho nitro benzene ring substituents is 1. The van der Waals surface area contributed by atoms with E-state index in [-0.39, 0.29) is 5.69 Å². The Bertz CT molecular complexity index is 1070. The van der Waals surface area contributed by atoms with Gasteiger partial charge in [-0.1, -0.05) is 6.07 Å². The van der Waals surface area contributed by atoms with Crippen molar-refractivity contribution < 1.29 is 4.92 Å². The lowest BCUT2D eigenvalue weighted by atomic mass is 10.0. The lowest BCUT2D eigenvalue weighted by Crippen LogP contribution is -2.01. The number of pyridine rings is 1. The standard InChI is InChI=1S/C21H18N4O2/c1-14-4-9-21(23-13-14)24-15(2)10-18(16(24)3)11-19(12-22)17-5-7-20(8-6-17)25(26)27/h4-11,13H,1-3H3/b19-11-. The number of aromatic nitrogens is 2. The van der Waals surface area contributed by atoms with Crippen LogP contribution in [-0.4, -0.2) is 14.5 Å². The van der Waals surface area contributed by atoms with Crippen LogP contribution in [0.5, 0.6) is 0 Å². The van der Waals surface area contributed by atoms with Gasteiger partial charge in [0.05, 0.1) is 16.6 Å². The minimum atomic E-state index is -0.457. The van der Waals surface area contributed by atoms with Gasteiger partial charge in [-0.25, -0.2) is 4.98 Å². The molecule has 2 aromatic heterocycles. The second-order valence-electron chi connectivity index (χ2n) is 6.33. The molecule has 6 heteroatoms. The Morgan fingerprint density at radius 1 is 1.19 bits per heavy atom. The second kappa shape index (κ2) is 7.26. The summed E-state index contributed by atoms with van der Waals surface area (Å²) in [6.45, 7) is 5.96. The van der Waals surface area contributed by atoms with Crippen LogP contribution >= 0.6 is 0 Å². The van der Waals surface area contributed by atoms with Gasteiger partial charge in [-0.2, -0.15) is 5.26 Å². The second-order valence-corrected chi connectivity index (χ2v) is 6.33. The zero-order valence-corrected chi connectivity index (χ0v) is 15.3. The van der Waals surface area contributed by atoms with Crippen molar-refractivity contribution in [2.24, 2.45) is 0 Å².